The van der Waals surface area contributed by atoms with E-state index >= 15 is 0 Å². The lowest BCUT2D eigenvalue weighted by atomic mass is 9.98. The molecule has 0 atom stereocenters. The molecule has 1 aliphatic heterocycles. The van der Waals surface area contributed by atoms with Crippen LogP contribution in [0.1, 0.15) is 36.5 Å². The van der Waals surface area contributed by atoms with E-state index in [0.29, 0.717) is 47.8 Å². The van der Waals surface area contributed by atoms with E-state index in [-0.39, 0.29) is 5.91 Å². The molecule has 3 aromatic rings. The fraction of sp³-hybridized carbons (Fsp3) is 0.462. The molecule has 35 heavy (non-hydrogen) atoms. The fourth-order valence-corrected chi connectivity index (χ4v) is 4.50. The van der Waals surface area contributed by atoms with Crippen molar-refractivity contribution in [2.24, 2.45) is 11.7 Å². The predicted octanol–water partition coefficient (Wildman–Crippen LogP) is 4.03. The second kappa shape index (κ2) is 10.9. The molecule has 0 spiro atoms. The summed E-state index contributed by atoms with van der Waals surface area (Å²) >= 11 is 0. The summed E-state index contributed by atoms with van der Waals surface area (Å²) in [6.07, 6.45) is 2.87. The van der Waals surface area contributed by atoms with Gasteiger partial charge in [-0.15, -0.1) is 0 Å². The molecule has 0 bridgehead atoms. The smallest absolute Gasteiger partial charge is 0.253 e. The standard InChI is InChI=1S/C26H35N5O4/c1-17-8-12-30(13-9-17)25(32)18-6-7-20-21(14-18)31(11-5-10-27)26(29-20)28-19-15-22(33-2)24(35-4)23(16-19)34-3/h6-7,14-17H,5,8-13,27H2,1-4H3,(H,28,29). The van der Waals surface area contributed by atoms with Crippen LogP contribution in [0, 0.1) is 5.92 Å². The van der Waals surface area contributed by atoms with Crippen molar-refractivity contribution in [2.75, 3.05) is 46.3 Å². The highest BCUT2D eigenvalue weighted by Crippen LogP contribution is 2.40. The van der Waals surface area contributed by atoms with Crippen LogP contribution in [0.3, 0.4) is 0 Å². The van der Waals surface area contributed by atoms with Gasteiger partial charge in [0.25, 0.3) is 5.91 Å². The van der Waals surface area contributed by atoms with Crippen molar-refractivity contribution in [1.29, 1.82) is 0 Å². The number of fused-ring (bicyclic) bond motifs is 1. The van der Waals surface area contributed by atoms with Gasteiger partial charge < -0.3 is 34.7 Å². The number of hydrogen-bond donors (Lipinski definition) is 2. The Hall–Kier alpha value is -3.46. The molecule has 188 valence electrons. The van der Waals surface area contributed by atoms with Crippen molar-refractivity contribution >= 4 is 28.6 Å². The molecule has 1 saturated heterocycles. The number of nitrogens with zero attached hydrogens (tertiary/aromatic N) is 3. The van der Waals surface area contributed by atoms with Gasteiger partial charge in [-0.2, -0.15) is 0 Å². The average Bonchev–Trinajstić information content (AvgIpc) is 3.22. The zero-order chi connectivity index (χ0) is 24.9. The van der Waals surface area contributed by atoms with Gasteiger partial charge in [-0.25, -0.2) is 4.98 Å². The molecule has 9 nitrogen and oxygen atoms in total. The molecule has 3 N–H and O–H groups in total. The van der Waals surface area contributed by atoms with Crippen LogP contribution in [0.25, 0.3) is 11.0 Å². The van der Waals surface area contributed by atoms with Gasteiger partial charge in [0.1, 0.15) is 0 Å². The summed E-state index contributed by atoms with van der Waals surface area (Å²) in [6.45, 7) is 5.07. The number of ether oxygens (including phenoxy) is 3. The Labute approximate surface area is 206 Å². The van der Waals surface area contributed by atoms with Gasteiger partial charge in [0.15, 0.2) is 11.5 Å². The third-order valence-electron chi connectivity index (χ3n) is 6.57. The van der Waals surface area contributed by atoms with E-state index in [4.69, 9.17) is 24.9 Å². The molecule has 1 fully saturated rings. The number of imidazole rings is 1. The molecule has 2 aromatic carbocycles. The number of nitrogens with one attached hydrogen (secondary N) is 1. The Morgan fingerprint density at radius 1 is 1.09 bits per heavy atom. The molecule has 1 aliphatic rings. The Morgan fingerprint density at radius 2 is 1.77 bits per heavy atom. The first-order chi connectivity index (χ1) is 17.0. The number of carbonyl (C=O) groups is 1. The molecule has 0 radical (unpaired) electrons. The number of hydrogen-bond acceptors (Lipinski definition) is 7. The first kappa shape index (κ1) is 24.7. The number of rotatable bonds is 9. The maximum absolute atomic E-state index is 13.2. The molecule has 1 amide bonds. The summed E-state index contributed by atoms with van der Waals surface area (Å²) in [5.41, 5.74) is 8.94. The number of nitrogens with two attached hydrogens (primary N) is 1. The second-order valence-corrected chi connectivity index (χ2v) is 8.95. The van der Waals surface area contributed by atoms with Crippen molar-refractivity contribution in [3.8, 4) is 17.2 Å². The number of carbonyl (C=O) groups excluding carboxylic acids is 1. The Morgan fingerprint density at radius 3 is 2.37 bits per heavy atom. The minimum absolute atomic E-state index is 0.0736. The molecule has 0 unspecified atom stereocenters. The van der Waals surface area contributed by atoms with Crippen molar-refractivity contribution in [1.82, 2.24) is 14.5 Å². The summed E-state index contributed by atoms with van der Waals surface area (Å²) in [4.78, 5) is 20.0. The number of anilines is 2. The molecule has 0 aliphatic carbocycles. The van der Waals surface area contributed by atoms with E-state index in [1.807, 2.05) is 35.2 Å². The lowest BCUT2D eigenvalue weighted by Crippen LogP contribution is -2.37. The van der Waals surface area contributed by atoms with Crippen LogP contribution in [-0.2, 0) is 6.54 Å². The number of amides is 1. The number of aryl methyl sites for hydroxylation is 1. The fourth-order valence-electron chi connectivity index (χ4n) is 4.50. The molecule has 0 saturated carbocycles. The van der Waals surface area contributed by atoms with E-state index in [9.17, 15) is 4.79 Å². The lowest BCUT2D eigenvalue weighted by Gasteiger charge is -2.30. The van der Waals surface area contributed by atoms with Crippen LogP contribution in [0.5, 0.6) is 17.2 Å². The van der Waals surface area contributed by atoms with Crippen LogP contribution < -0.4 is 25.3 Å². The first-order valence-corrected chi connectivity index (χ1v) is 12.1. The van der Waals surface area contributed by atoms with Crippen LogP contribution in [0.15, 0.2) is 30.3 Å². The van der Waals surface area contributed by atoms with Crippen LogP contribution in [0.4, 0.5) is 11.6 Å². The first-order valence-electron chi connectivity index (χ1n) is 12.1. The second-order valence-electron chi connectivity index (χ2n) is 8.95. The summed E-state index contributed by atoms with van der Waals surface area (Å²) in [7, 11) is 4.74. The minimum atomic E-state index is 0.0736. The zero-order valence-corrected chi connectivity index (χ0v) is 21.0. The topological polar surface area (TPSA) is 104 Å². The molecule has 4 rings (SSSR count). The van der Waals surface area contributed by atoms with Gasteiger partial charge in [-0.1, -0.05) is 6.92 Å². The van der Waals surface area contributed by atoms with E-state index < -0.39 is 0 Å². The van der Waals surface area contributed by atoms with Gasteiger partial charge >= 0.3 is 0 Å². The molecule has 2 heterocycles. The van der Waals surface area contributed by atoms with Gasteiger partial charge in [-0.3, -0.25) is 4.79 Å². The van der Waals surface area contributed by atoms with Crippen molar-refractivity contribution in [3.63, 3.8) is 0 Å². The highest BCUT2D eigenvalue weighted by molar-refractivity contribution is 5.98. The number of benzene rings is 2. The largest absolute Gasteiger partial charge is 0.493 e. The van der Waals surface area contributed by atoms with Crippen LogP contribution >= 0.6 is 0 Å². The normalized spacial score (nSPS) is 14.3. The van der Waals surface area contributed by atoms with Crippen molar-refractivity contribution in [3.05, 3.63) is 35.9 Å². The van der Waals surface area contributed by atoms with Gasteiger partial charge in [0.05, 0.1) is 32.4 Å². The Balaban J connectivity index is 1.70. The van der Waals surface area contributed by atoms with Crippen LogP contribution in [-0.4, -0.2) is 61.3 Å². The highest BCUT2D eigenvalue weighted by atomic mass is 16.5. The average molecular weight is 482 g/mol. The maximum Gasteiger partial charge on any atom is 0.253 e. The van der Waals surface area contributed by atoms with E-state index in [0.717, 1.165) is 49.1 Å². The maximum atomic E-state index is 13.2. The molecular weight excluding hydrogens is 446 g/mol. The third kappa shape index (κ3) is 5.14. The number of aromatic nitrogens is 2. The number of likely N-dealkylation sites (tertiary alicyclic amines) is 1. The van der Waals surface area contributed by atoms with Gasteiger partial charge in [0.2, 0.25) is 11.7 Å². The predicted molar refractivity (Wildman–Crippen MR) is 137 cm³/mol. The van der Waals surface area contributed by atoms with Crippen molar-refractivity contribution < 1.29 is 19.0 Å². The third-order valence-corrected chi connectivity index (χ3v) is 6.57. The van der Waals surface area contributed by atoms with Crippen molar-refractivity contribution in [2.45, 2.75) is 32.7 Å². The quantitative estimate of drug-likeness (QED) is 0.476. The Kier molecular flexibility index (Phi) is 7.65. The van der Waals surface area contributed by atoms with E-state index in [1.54, 1.807) is 21.3 Å². The Bertz CT molecular complexity index is 1160. The number of methoxy groups -OCH3 is 3. The van der Waals surface area contributed by atoms with Crippen LogP contribution in [0.2, 0.25) is 0 Å². The number of piperidine rings is 1. The summed E-state index contributed by atoms with van der Waals surface area (Å²) in [5.74, 6) is 3.00. The molecular formula is C26H35N5O4. The van der Waals surface area contributed by atoms with Gasteiger partial charge in [0, 0.05) is 43.0 Å². The van der Waals surface area contributed by atoms with Gasteiger partial charge in [-0.05, 0) is 49.9 Å². The SMILES string of the molecule is COc1cc(Nc2nc3ccc(C(=O)N4CCC(C)CC4)cc3n2CCCN)cc(OC)c1OC. The minimum Gasteiger partial charge on any atom is -0.493 e. The summed E-state index contributed by atoms with van der Waals surface area (Å²) in [6, 6.07) is 9.39. The highest BCUT2D eigenvalue weighted by Gasteiger charge is 2.23. The molecule has 9 heteroatoms. The van der Waals surface area contributed by atoms with E-state index in [1.165, 1.54) is 0 Å². The monoisotopic (exact) mass is 481 g/mol. The summed E-state index contributed by atoms with van der Waals surface area (Å²) < 4.78 is 18.5. The molecule has 1 aromatic heterocycles. The van der Waals surface area contributed by atoms with E-state index in [2.05, 4.69) is 16.8 Å². The zero-order valence-electron chi connectivity index (χ0n) is 21.0. The lowest BCUT2D eigenvalue weighted by molar-refractivity contribution is 0.0697. The summed E-state index contributed by atoms with van der Waals surface area (Å²) in [5, 5.41) is 3.39.